The summed E-state index contributed by atoms with van der Waals surface area (Å²) in [5.74, 6) is 1.28. The van der Waals surface area contributed by atoms with E-state index in [1.165, 1.54) is 55.3 Å². The fourth-order valence-corrected chi connectivity index (χ4v) is 5.53. The minimum absolute atomic E-state index is 0.0245. The standard InChI is InChI=1S/C28H39NO/c1-20(2)16-17-29-23-14-15-24(29)19-25(18-23)30-28(22-10-6-5-7-11-22)27-13-9-8-12-26(27)21(3)4/h5-13,20-21,23-25,28H,14-19H2,1-4H3/t23-,24+,25?,28?. The monoisotopic (exact) mass is 405 g/mol. The minimum Gasteiger partial charge on any atom is -0.365 e. The molecular weight excluding hydrogens is 366 g/mol. The molecule has 2 saturated heterocycles. The molecule has 162 valence electrons. The molecule has 0 radical (unpaired) electrons. The molecule has 0 amide bonds. The van der Waals surface area contributed by atoms with Crippen molar-refractivity contribution in [3.8, 4) is 0 Å². The molecular formula is C28H39NO. The lowest BCUT2D eigenvalue weighted by molar-refractivity contribution is -0.0491. The van der Waals surface area contributed by atoms with Crippen molar-refractivity contribution in [2.75, 3.05) is 6.54 Å². The molecule has 0 aromatic heterocycles. The molecule has 2 aliphatic rings. The van der Waals surface area contributed by atoms with Crippen LogP contribution in [0.1, 0.15) is 88.5 Å². The van der Waals surface area contributed by atoms with Crippen LogP contribution in [0.5, 0.6) is 0 Å². The van der Waals surface area contributed by atoms with E-state index in [4.69, 9.17) is 4.74 Å². The predicted molar refractivity (Wildman–Crippen MR) is 126 cm³/mol. The van der Waals surface area contributed by atoms with Crippen molar-refractivity contribution in [2.24, 2.45) is 5.92 Å². The number of benzene rings is 2. The Labute approximate surface area is 183 Å². The van der Waals surface area contributed by atoms with Crippen LogP contribution in [-0.4, -0.2) is 29.6 Å². The molecule has 2 bridgehead atoms. The van der Waals surface area contributed by atoms with E-state index < -0.39 is 0 Å². The molecule has 0 aliphatic carbocycles. The minimum atomic E-state index is 0.0245. The second-order valence-electron chi connectivity index (χ2n) is 10.1. The predicted octanol–water partition coefficient (Wildman–Crippen LogP) is 6.96. The summed E-state index contributed by atoms with van der Waals surface area (Å²) in [6, 6.07) is 21.1. The quantitative estimate of drug-likeness (QED) is 0.471. The molecule has 0 spiro atoms. The lowest BCUT2D eigenvalue weighted by atomic mass is 9.90. The van der Waals surface area contributed by atoms with Gasteiger partial charge in [-0.25, -0.2) is 0 Å². The number of hydrogen-bond acceptors (Lipinski definition) is 2. The van der Waals surface area contributed by atoms with Gasteiger partial charge in [-0.3, -0.25) is 4.90 Å². The molecule has 2 heteroatoms. The Kier molecular flexibility index (Phi) is 6.95. The van der Waals surface area contributed by atoms with E-state index in [1.54, 1.807) is 0 Å². The van der Waals surface area contributed by atoms with E-state index in [2.05, 4.69) is 87.2 Å². The summed E-state index contributed by atoms with van der Waals surface area (Å²) in [6.07, 6.45) is 6.75. The molecule has 0 saturated carbocycles. The molecule has 4 atom stereocenters. The summed E-state index contributed by atoms with van der Waals surface area (Å²) >= 11 is 0. The largest absolute Gasteiger partial charge is 0.365 e. The average Bonchev–Trinajstić information content (AvgIpc) is 2.99. The lowest BCUT2D eigenvalue weighted by Crippen LogP contribution is -2.46. The Balaban J connectivity index is 1.55. The van der Waals surface area contributed by atoms with E-state index >= 15 is 0 Å². The molecule has 4 rings (SSSR count). The molecule has 2 aromatic carbocycles. The Bertz CT molecular complexity index is 785. The summed E-state index contributed by atoms with van der Waals surface area (Å²) in [4.78, 5) is 2.81. The van der Waals surface area contributed by atoms with Crippen LogP contribution in [0, 0.1) is 5.92 Å². The smallest absolute Gasteiger partial charge is 0.108 e. The van der Waals surface area contributed by atoms with Gasteiger partial charge in [0, 0.05) is 12.1 Å². The van der Waals surface area contributed by atoms with Crippen LogP contribution < -0.4 is 0 Å². The van der Waals surface area contributed by atoms with Gasteiger partial charge in [0.1, 0.15) is 6.10 Å². The molecule has 0 N–H and O–H groups in total. The fourth-order valence-electron chi connectivity index (χ4n) is 5.53. The summed E-state index contributed by atoms with van der Waals surface area (Å²) in [5, 5.41) is 0. The zero-order chi connectivity index (χ0) is 21.1. The van der Waals surface area contributed by atoms with Crippen LogP contribution in [0.25, 0.3) is 0 Å². The van der Waals surface area contributed by atoms with Crippen LogP contribution in [0.15, 0.2) is 54.6 Å². The highest BCUT2D eigenvalue weighted by molar-refractivity contribution is 5.37. The Morgan fingerprint density at radius 1 is 0.833 bits per heavy atom. The van der Waals surface area contributed by atoms with Gasteiger partial charge in [0.15, 0.2) is 0 Å². The first kappa shape index (κ1) is 21.6. The van der Waals surface area contributed by atoms with Gasteiger partial charge in [-0.05, 0) is 67.2 Å². The molecule has 2 fully saturated rings. The second-order valence-corrected chi connectivity index (χ2v) is 10.1. The van der Waals surface area contributed by atoms with Gasteiger partial charge in [-0.2, -0.15) is 0 Å². The average molecular weight is 406 g/mol. The molecule has 2 unspecified atom stereocenters. The van der Waals surface area contributed by atoms with Gasteiger partial charge < -0.3 is 4.74 Å². The van der Waals surface area contributed by atoms with Crippen molar-refractivity contribution < 1.29 is 4.74 Å². The second kappa shape index (κ2) is 9.66. The third-order valence-corrected chi connectivity index (χ3v) is 7.14. The van der Waals surface area contributed by atoms with Crippen LogP contribution in [-0.2, 0) is 4.74 Å². The summed E-state index contributed by atoms with van der Waals surface area (Å²) in [7, 11) is 0. The molecule has 2 nitrogen and oxygen atoms in total. The Morgan fingerprint density at radius 3 is 2.03 bits per heavy atom. The van der Waals surface area contributed by atoms with Crippen LogP contribution in [0.3, 0.4) is 0 Å². The zero-order valence-corrected chi connectivity index (χ0v) is 19.3. The first-order chi connectivity index (χ1) is 14.5. The third-order valence-electron chi connectivity index (χ3n) is 7.14. The van der Waals surface area contributed by atoms with Gasteiger partial charge in [0.05, 0.1) is 6.10 Å². The maximum absolute atomic E-state index is 6.98. The number of nitrogens with zero attached hydrogens (tertiary/aromatic N) is 1. The first-order valence-corrected chi connectivity index (χ1v) is 12.1. The third kappa shape index (κ3) is 4.81. The van der Waals surface area contributed by atoms with Crippen LogP contribution in [0.2, 0.25) is 0 Å². The van der Waals surface area contributed by atoms with Crippen LogP contribution >= 0.6 is 0 Å². The topological polar surface area (TPSA) is 12.5 Å². The number of hydrogen-bond donors (Lipinski definition) is 0. The zero-order valence-electron chi connectivity index (χ0n) is 19.3. The number of ether oxygens (including phenoxy) is 1. The highest BCUT2D eigenvalue weighted by Crippen LogP contribution is 2.41. The van der Waals surface area contributed by atoms with Gasteiger partial charge in [0.2, 0.25) is 0 Å². The maximum atomic E-state index is 6.98. The summed E-state index contributed by atoms with van der Waals surface area (Å²) in [5.41, 5.74) is 4.03. The van der Waals surface area contributed by atoms with Crippen molar-refractivity contribution in [3.05, 3.63) is 71.3 Å². The molecule has 30 heavy (non-hydrogen) atoms. The maximum Gasteiger partial charge on any atom is 0.108 e. The number of rotatable bonds is 8. The van der Waals surface area contributed by atoms with Gasteiger partial charge in [0.25, 0.3) is 0 Å². The summed E-state index contributed by atoms with van der Waals surface area (Å²) in [6.45, 7) is 10.5. The number of fused-ring (bicyclic) bond motifs is 2. The van der Waals surface area contributed by atoms with Crippen molar-refractivity contribution in [1.82, 2.24) is 4.90 Å². The van der Waals surface area contributed by atoms with Crippen molar-refractivity contribution in [1.29, 1.82) is 0 Å². The summed E-state index contributed by atoms with van der Waals surface area (Å²) < 4.78 is 6.98. The lowest BCUT2D eigenvalue weighted by Gasteiger charge is -2.40. The van der Waals surface area contributed by atoms with Gasteiger partial charge in [-0.15, -0.1) is 0 Å². The fraction of sp³-hybridized carbons (Fsp3) is 0.571. The Hall–Kier alpha value is -1.64. The van der Waals surface area contributed by atoms with E-state index in [0.29, 0.717) is 24.1 Å². The molecule has 2 aromatic rings. The molecule has 2 aliphatic heterocycles. The van der Waals surface area contributed by atoms with E-state index in [0.717, 1.165) is 5.92 Å². The van der Waals surface area contributed by atoms with Crippen molar-refractivity contribution in [2.45, 2.75) is 90.0 Å². The van der Waals surface area contributed by atoms with Gasteiger partial charge in [-0.1, -0.05) is 82.3 Å². The van der Waals surface area contributed by atoms with E-state index in [1.807, 2.05) is 0 Å². The molecule has 2 heterocycles. The number of piperidine rings is 1. The van der Waals surface area contributed by atoms with Gasteiger partial charge >= 0.3 is 0 Å². The van der Waals surface area contributed by atoms with E-state index in [-0.39, 0.29) is 6.10 Å². The Morgan fingerprint density at radius 2 is 1.43 bits per heavy atom. The highest BCUT2D eigenvalue weighted by atomic mass is 16.5. The van der Waals surface area contributed by atoms with Crippen LogP contribution in [0.4, 0.5) is 0 Å². The highest BCUT2D eigenvalue weighted by Gasteiger charge is 2.41. The SMILES string of the molecule is CC(C)CCN1[C@@H]2CC[C@H]1CC(OC(c1ccccc1)c1ccccc1C(C)C)C2. The normalized spacial score (nSPS) is 25.2. The first-order valence-electron chi connectivity index (χ1n) is 12.1. The van der Waals surface area contributed by atoms with Crippen molar-refractivity contribution in [3.63, 3.8) is 0 Å². The van der Waals surface area contributed by atoms with Crippen molar-refractivity contribution >= 4 is 0 Å². The van der Waals surface area contributed by atoms with E-state index in [9.17, 15) is 0 Å².